The van der Waals surface area contributed by atoms with Gasteiger partial charge in [0.05, 0.1) is 24.7 Å². The number of amides is 2. The number of ether oxygens (including phenoxy) is 1. The van der Waals surface area contributed by atoms with E-state index in [4.69, 9.17) is 4.74 Å². The molecule has 0 aliphatic carbocycles. The molecule has 7 heteroatoms. The molecule has 1 heterocycles. The lowest BCUT2D eigenvalue weighted by atomic mass is 10.2. The third-order valence-corrected chi connectivity index (χ3v) is 4.57. The van der Waals surface area contributed by atoms with Gasteiger partial charge in [-0.1, -0.05) is 24.3 Å². The molecule has 7 nitrogen and oxygen atoms in total. The first kappa shape index (κ1) is 19.2. The molecule has 2 amide bonds. The van der Waals surface area contributed by atoms with Crippen LogP contribution in [0.3, 0.4) is 0 Å². The number of carbonyl (C=O) groups is 2. The molecule has 3 N–H and O–H groups in total. The average molecular weight is 400 g/mol. The van der Waals surface area contributed by atoms with Crippen molar-refractivity contribution < 1.29 is 14.3 Å². The number of anilines is 1. The lowest BCUT2D eigenvalue weighted by Gasteiger charge is -2.08. The number of benzene rings is 3. The highest BCUT2D eigenvalue weighted by Gasteiger charge is 2.10. The highest BCUT2D eigenvalue weighted by Crippen LogP contribution is 2.23. The monoisotopic (exact) mass is 400 g/mol. The fourth-order valence-electron chi connectivity index (χ4n) is 3.04. The van der Waals surface area contributed by atoms with Crippen LogP contribution in [-0.4, -0.2) is 35.4 Å². The Balaban J connectivity index is 1.38. The number of aromatic amines is 1. The maximum Gasteiger partial charge on any atom is 0.251 e. The summed E-state index contributed by atoms with van der Waals surface area (Å²) in [6.07, 6.45) is 0. The minimum Gasteiger partial charge on any atom is -0.497 e. The van der Waals surface area contributed by atoms with Crippen LogP contribution in [0.4, 0.5) is 5.69 Å². The second-order valence-electron chi connectivity index (χ2n) is 6.64. The minimum atomic E-state index is -0.330. The number of H-pyrrole nitrogens is 1. The van der Waals surface area contributed by atoms with Crippen molar-refractivity contribution in [2.75, 3.05) is 19.0 Å². The molecule has 0 spiro atoms. The molecular weight excluding hydrogens is 380 g/mol. The maximum absolute atomic E-state index is 12.3. The van der Waals surface area contributed by atoms with Crippen LogP contribution in [0.25, 0.3) is 22.4 Å². The third-order valence-electron chi connectivity index (χ3n) is 4.57. The van der Waals surface area contributed by atoms with Gasteiger partial charge in [0.25, 0.3) is 5.91 Å². The second-order valence-corrected chi connectivity index (χ2v) is 6.64. The molecule has 0 unspecified atom stereocenters. The van der Waals surface area contributed by atoms with Gasteiger partial charge in [0, 0.05) is 16.8 Å². The Kier molecular flexibility index (Phi) is 5.43. The highest BCUT2D eigenvalue weighted by molar-refractivity contribution is 5.99. The van der Waals surface area contributed by atoms with E-state index in [1.54, 1.807) is 37.4 Å². The summed E-state index contributed by atoms with van der Waals surface area (Å²) in [6, 6.07) is 21.8. The summed E-state index contributed by atoms with van der Waals surface area (Å²) in [5.74, 6) is 0.733. The summed E-state index contributed by atoms with van der Waals surface area (Å²) in [5.41, 5.74) is 3.75. The van der Waals surface area contributed by atoms with Crippen molar-refractivity contribution in [3.05, 3.63) is 78.4 Å². The van der Waals surface area contributed by atoms with Crippen LogP contribution in [0.1, 0.15) is 10.4 Å². The van der Waals surface area contributed by atoms with Crippen LogP contribution in [0.2, 0.25) is 0 Å². The molecule has 3 aromatic carbocycles. The van der Waals surface area contributed by atoms with E-state index in [9.17, 15) is 9.59 Å². The van der Waals surface area contributed by atoms with Crippen molar-refractivity contribution in [1.29, 1.82) is 0 Å². The Hall–Kier alpha value is -4.13. The number of rotatable bonds is 6. The topological polar surface area (TPSA) is 96.1 Å². The van der Waals surface area contributed by atoms with Gasteiger partial charge in [-0.25, -0.2) is 4.98 Å². The largest absolute Gasteiger partial charge is 0.497 e. The fourth-order valence-corrected chi connectivity index (χ4v) is 3.04. The maximum atomic E-state index is 12.3. The van der Waals surface area contributed by atoms with Gasteiger partial charge in [-0.2, -0.15) is 0 Å². The number of aromatic nitrogens is 2. The van der Waals surface area contributed by atoms with Crippen LogP contribution in [0.5, 0.6) is 5.75 Å². The molecule has 0 atom stereocenters. The number of carbonyl (C=O) groups excluding carboxylic acids is 2. The zero-order chi connectivity index (χ0) is 20.9. The SMILES string of the molecule is COc1ccc(C(=O)NCC(=O)Nc2cccc(-c3nc4ccccc4[nH]3)c2)cc1. The molecule has 0 aliphatic heterocycles. The van der Waals surface area contributed by atoms with Gasteiger partial charge in [-0.15, -0.1) is 0 Å². The predicted molar refractivity (Wildman–Crippen MR) is 115 cm³/mol. The summed E-state index contributed by atoms with van der Waals surface area (Å²) >= 11 is 0. The third kappa shape index (κ3) is 4.30. The first-order valence-corrected chi connectivity index (χ1v) is 9.40. The Morgan fingerprint density at radius 1 is 1.00 bits per heavy atom. The summed E-state index contributed by atoms with van der Waals surface area (Å²) < 4.78 is 5.07. The smallest absolute Gasteiger partial charge is 0.251 e. The van der Waals surface area contributed by atoms with E-state index >= 15 is 0 Å². The number of fused-ring (bicyclic) bond motifs is 1. The zero-order valence-electron chi connectivity index (χ0n) is 16.3. The van der Waals surface area contributed by atoms with Gasteiger partial charge in [0.2, 0.25) is 5.91 Å². The van der Waals surface area contributed by atoms with Gasteiger partial charge in [0.1, 0.15) is 11.6 Å². The molecule has 4 aromatic rings. The quantitative estimate of drug-likeness (QED) is 0.461. The van der Waals surface area contributed by atoms with Crippen molar-refractivity contribution >= 4 is 28.5 Å². The molecule has 0 radical (unpaired) electrons. The van der Waals surface area contributed by atoms with Crippen LogP contribution in [0, 0.1) is 0 Å². The number of hydrogen-bond acceptors (Lipinski definition) is 4. The molecule has 4 rings (SSSR count). The summed E-state index contributed by atoms with van der Waals surface area (Å²) in [6.45, 7) is -0.139. The lowest BCUT2D eigenvalue weighted by molar-refractivity contribution is -0.115. The lowest BCUT2D eigenvalue weighted by Crippen LogP contribution is -2.32. The Morgan fingerprint density at radius 3 is 2.57 bits per heavy atom. The van der Waals surface area contributed by atoms with E-state index in [0.29, 0.717) is 17.0 Å². The molecule has 0 fully saturated rings. The molecule has 0 saturated heterocycles. The van der Waals surface area contributed by atoms with Crippen molar-refractivity contribution in [2.24, 2.45) is 0 Å². The predicted octanol–water partition coefficient (Wildman–Crippen LogP) is 3.61. The first-order chi connectivity index (χ1) is 14.6. The van der Waals surface area contributed by atoms with Crippen LogP contribution in [0.15, 0.2) is 72.8 Å². The second kappa shape index (κ2) is 8.48. The van der Waals surface area contributed by atoms with Gasteiger partial charge in [-0.3, -0.25) is 9.59 Å². The van der Waals surface area contributed by atoms with Crippen molar-refractivity contribution in [3.8, 4) is 17.1 Å². The van der Waals surface area contributed by atoms with E-state index in [2.05, 4.69) is 20.6 Å². The number of nitrogens with one attached hydrogen (secondary N) is 3. The first-order valence-electron chi connectivity index (χ1n) is 9.40. The summed E-state index contributed by atoms with van der Waals surface area (Å²) in [4.78, 5) is 32.3. The van der Waals surface area contributed by atoms with E-state index < -0.39 is 0 Å². The van der Waals surface area contributed by atoms with Gasteiger partial charge >= 0.3 is 0 Å². The van der Waals surface area contributed by atoms with E-state index in [0.717, 1.165) is 22.4 Å². The molecular formula is C23H20N4O3. The standard InChI is InChI=1S/C23H20N4O3/c1-30-18-11-9-15(10-12-18)23(29)24-14-21(28)25-17-6-4-5-16(13-17)22-26-19-7-2-3-8-20(19)27-22/h2-13H,14H2,1H3,(H,24,29)(H,25,28)(H,26,27). The van der Waals surface area contributed by atoms with Crippen LogP contribution >= 0.6 is 0 Å². The fraction of sp³-hybridized carbons (Fsp3) is 0.0870. The number of imidazole rings is 1. The number of para-hydroxylation sites is 2. The molecule has 150 valence electrons. The normalized spacial score (nSPS) is 10.6. The molecule has 0 aliphatic rings. The van der Waals surface area contributed by atoms with E-state index in [1.807, 2.05) is 42.5 Å². The number of methoxy groups -OCH3 is 1. The van der Waals surface area contributed by atoms with Gasteiger partial charge < -0.3 is 20.4 Å². The summed E-state index contributed by atoms with van der Waals surface area (Å²) in [7, 11) is 1.56. The summed E-state index contributed by atoms with van der Waals surface area (Å²) in [5, 5.41) is 5.41. The van der Waals surface area contributed by atoms with E-state index in [1.165, 1.54) is 0 Å². The van der Waals surface area contributed by atoms with Gasteiger partial charge in [0.15, 0.2) is 0 Å². The Bertz CT molecular complexity index is 1170. The van der Waals surface area contributed by atoms with Gasteiger partial charge in [-0.05, 0) is 48.5 Å². The number of nitrogens with zero attached hydrogens (tertiary/aromatic N) is 1. The van der Waals surface area contributed by atoms with E-state index in [-0.39, 0.29) is 18.4 Å². The van der Waals surface area contributed by atoms with Crippen molar-refractivity contribution in [2.45, 2.75) is 0 Å². The number of hydrogen-bond donors (Lipinski definition) is 3. The highest BCUT2D eigenvalue weighted by atomic mass is 16.5. The zero-order valence-corrected chi connectivity index (χ0v) is 16.3. The minimum absolute atomic E-state index is 0.139. The average Bonchev–Trinajstić information content (AvgIpc) is 3.22. The van der Waals surface area contributed by atoms with Crippen molar-refractivity contribution in [3.63, 3.8) is 0 Å². The van der Waals surface area contributed by atoms with Crippen LogP contribution < -0.4 is 15.4 Å². The Morgan fingerprint density at radius 2 is 1.80 bits per heavy atom. The van der Waals surface area contributed by atoms with Crippen molar-refractivity contribution in [1.82, 2.24) is 15.3 Å². The Labute approximate surface area is 173 Å². The molecule has 0 saturated carbocycles. The molecule has 30 heavy (non-hydrogen) atoms. The van der Waals surface area contributed by atoms with Crippen LogP contribution in [-0.2, 0) is 4.79 Å². The molecule has 0 bridgehead atoms. The molecule has 1 aromatic heterocycles.